The molecule has 3 saturated heterocycles. The van der Waals surface area contributed by atoms with Gasteiger partial charge in [-0.05, 0) is 71.8 Å². The fourth-order valence-corrected chi connectivity index (χ4v) is 5.83. The lowest BCUT2D eigenvalue weighted by Gasteiger charge is -2.41. The number of nitrogens with two attached hydrogens (primary N) is 1. The number of nitrogens with one attached hydrogen (secondary N) is 1. The predicted octanol–water partition coefficient (Wildman–Crippen LogP) is 2.42. The standard InChI is InChI=1S/C30H46BN3O7/c1-28(2)29(3,4)41-31(40-28)24(14-10-13-22-11-6-5-7-12-22)33-26(36)23(21-25(35)34-16-19-38-20-17-34)30(27(32)37)15-8-9-18-39-30/h5-7,11-12,23-24H,8-10,13-21H2,1-4H3,(H2,32,37)(H,33,36)/t23-,24-,30?/m0/s1. The van der Waals surface area contributed by atoms with Gasteiger partial charge in [0, 0.05) is 26.1 Å². The van der Waals surface area contributed by atoms with E-state index in [0.717, 1.165) is 19.3 Å². The maximum absolute atomic E-state index is 14.2. The van der Waals surface area contributed by atoms with Crippen molar-refractivity contribution >= 4 is 24.8 Å². The zero-order valence-electron chi connectivity index (χ0n) is 25.0. The molecule has 3 N–H and O–H groups in total. The van der Waals surface area contributed by atoms with Crippen molar-refractivity contribution < 1.29 is 33.2 Å². The molecule has 226 valence electrons. The topological polar surface area (TPSA) is 129 Å². The van der Waals surface area contributed by atoms with E-state index in [1.807, 2.05) is 45.9 Å². The fraction of sp³-hybridized carbons (Fsp3) is 0.700. The van der Waals surface area contributed by atoms with Crippen LogP contribution >= 0.6 is 0 Å². The third kappa shape index (κ3) is 7.31. The van der Waals surface area contributed by atoms with Crippen molar-refractivity contribution in [1.29, 1.82) is 0 Å². The first-order chi connectivity index (χ1) is 19.4. The quantitative estimate of drug-likeness (QED) is 0.391. The molecule has 0 spiro atoms. The van der Waals surface area contributed by atoms with Crippen LogP contribution in [0.5, 0.6) is 0 Å². The number of nitrogens with zero attached hydrogens (tertiary/aromatic N) is 1. The van der Waals surface area contributed by atoms with Crippen LogP contribution in [0.4, 0.5) is 0 Å². The molecule has 3 aliphatic heterocycles. The minimum absolute atomic E-state index is 0.186. The van der Waals surface area contributed by atoms with Crippen molar-refractivity contribution in [2.45, 2.75) is 95.4 Å². The largest absolute Gasteiger partial charge is 0.481 e. The maximum Gasteiger partial charge on any atom is 0.481 e. The average molecular weight is 572 g/mol. The smallest absolute Gasteiger partial charge is 0.402 e. The second-order valence-corrected chi connectivity index (χ2v) is 12.4. The Bertz CT molecular complexity index is 1040. The molecule has 3 fully saturated rings. The number of hydrogen-bond acceptors (Lipinski definition) is 7. The van der Waals surface area contributed by atoms with Crippen LogP contribution in [0.25, 0.3) is 0 Å². The number of aryl methyl sites for hydroxylation is 1. The number of primary amides is 1. The van der Waals surface area contributed by atoms with E-state index in [1.165, 1.54) is 5.56 Å². The van der Waals surface area contributed by atoms with Crippen LogP contribution in [0.15, 0.2) is 30.3 Å². The van der Waals surface area contributed by atoms with Gasteiger partial charge in [-0.1, -0.05) is 30.3 Å². The number of rotatable bonds is 11. The molecule has 11 heteroatoms. The molecule has 1 unspecified atom stereocenters. The van der Waals surface area contributed by atoms with E-state index in [4.69, 9.17) is 24.5 Å². The zero-order valence-corrected chi connectivity index (χ0v) is 25.0. The van der Waals surface area contributed by atoms with Gasteiger partial charge >= 0.3 is 7.12 Å². The Morgan fingerprint density at radius 2 is 1.66 bits per heavy atom. The summed E-state index contributed by atoms with van der Waals surface area (Å²) in [7, 11) is -0.702. The van der Waals surface area contributed by atoms with Crippen molar-refractivity contribution in [2.75, 3.05) is 32.9 Å². The van der Waals surface area contributed by atoms with Gasteiger partial charge in [-0.15, -0.1) is 0 Å². The van der Waals surface area contributed by atoms with E-state index in [-0.39, 0.29) is 18.7 Å². The molecule has 1 aromatic carbocycles. The normalized spacial score (nSPS) is 25.4. The van der Waals surface area contributed by atoms with Crippen molar-refractivity contribution in [3.8, 4) is 0 Å². The molecule has 41 heavy (non-hydrogen) atoms. The molecule has 3 heterocycles. The molecule has 0 aromatic heterocycles. The number of ether oxygens (including phenoxy) is 2. The molecule has 3 amide bonds. The maximum atomic E-state index is 14.2. The van der Waals surface area contributed by atoms with E-state index in [0.29, 0.717) is 45.8 Å². The number of benzene rings is 1. The minimum Gasteiger partial charge on any atom is -0.402 e. The molecule has 0 saturated carbocycles. The lowest BCUT2D eigenvalue weighted by Crippen LogP contribution is -2.61. The molecule has 3 aliphatic rings. The van der Waals surface area contributed by atoms with Gasteiger partial charge in [-0.2, -0.15) is 0 Å². The first kappa shape index (κ1) is 31.5. The summed E-state index contributed by atoms with van der Waals surface area (Å²) < 4.78 is 24.1. The highest BCUT2D eigenvalue weighted by Crippen LogP contribution is 2.39. The van der Waals surface area contributed by atoms with Crippen LogP contribution in [0, 0.1) is 5.92 Å². The van der Waals surface area contributed by atoms with Gasteiger partial charge in [-0.25, -0.2) is 0 Å². The Balaban J connectivity index is 1.57. The second kappa shape index (κ2) is 13.2. The molecule has 4 rings (SSSR count). The van der Waals surface area contributed by atoms with Gasteiger partial charge in [0.1, 0.15) is 0 Å². The summed E-state index contributed by atoms with van der Waals surface area (Å²) >= 11 is 0. The Hall–Kier alpha value is -2.47. The summed E-state index contributed by atoms with van der Waals surface area (Å²) in [6.45, 7) is 9.93. The van der Waals surface area contributed by atoms with Crippen molar-refractivity contribution in [2.24, 2.45) is 11.7 Å². The van der Waals surface area contributed by atoms with Gasteiger partial charge in [0.15, 0.2) is 5.60 Å². The summed E-state index contributed by atoms with van der Waals surface area (Å²) in [5.74, 6) is -2.99. The number of carbonyl (C=O) groups excluding carboxylic acids is 3. The Labute approximate surface area is 244 Å². The Morgan fingerprint density at radius 3 is 2.24 bits per heavy atom. The second-order valence-electron chi connectivity index (χ2n) is 12.4. The summed E-state index contributed by atoms with van der Waals surface area (Å²) in [6, 6.07) is 10.1. The predicted molar refractivity (Wildman–Crippen MR) is 155 cm³/mol. The molecule has 0 radical (unpaired) electrons. The highest BCUT2D eigenvalue weighted by Gasteiger charge is 2.56. The average Bonchev–Trinajstić information content (AvgIpc) is 3.18. The summed E-state index contributed by atoms with van der Waals surface area (Å²) in [6.07, 6.45) is 3.70. The SMILES string of the molecule is CC1(C)OB([C@H](CCCc2ccccc2)NC(=O)[C@H](CC(=O)N2CCOCC2)C2(C(N)=O)CCCCO2)OC1(C)C. The van der Waals surface area contributed by atoms with Gasteiger partial charge in [0.05, 0.1) is 36.3 Å². The van der Waals surface area contributed by atoms with Gasteiger partial charge in [0.2, 0.25) is 11.8 Å². The van der Waals surface area contributed by atoms with E-state index in [1.54, 1.807) is 4.90 Å². The van der Waals surface area contributed by atoms with Crippen LogP contribution in [0.3, 0.4) is 0 Å². The van der Waals surface area contributed by atoms with Crippen LogP contribution in [-0.4, -0.2) is 85.4 Å². The van der Waals surface area contributed by atoms with Gasteiger partial charge in [-0.3, -0.25) is 14.4 Å². The monoisotopic (exact) mass is 571 g/mol. The molecular weight excluding hydrogens is 525 g/mol. The zero-order chi connectivity index (χ0) is 29.7. The van der Waals surface area contributed by atoms with Crippen LogP contribution < -0.4 is 11.1 Å². The Morgan fingerprint density at radius 1 is 1.00 bits per heavy atom. The number of hydrogen-bond donors (Lipinski definition) is 2. The van der Waals surface area contributed by atoms with Crippen molar-refractivity contribution in [1.82, 2.24) is 10.2 Å². The first-order valence-corrected chi connectivity index (χ1v) is 14.9. The highest BCUT2D eigenvalue weighted by atomic mass is 16.7. The molecule has 0 aliphatic carbocycles. The third-order valence-electron chi connectivity index (χ3n) is 9.09. The Kier molecular flexibility index (Phi) is 10.2. The van der Waals surface area contributed by atoms with Gasteiger partial charge in [0.25, 0.3) is 5.91 Å². The summed E-state index contributed by atoms with van der Waals surface area (Å²) in [5, 5.41) is 3.13. The molecule has 10 nitrogen and oxygen atoms in total. The highest BCUT2D eigenvalue weighted by molar-refractivity contribution is 6.48. The van der Waals surface area contributed by atoms with E-state index < -0.39 is 47.6 Å². The van der Waals surface area contributed by atoms with E-state index in [9.17, 15) is 14.4 Å². The van der Waals surface area contributed by atoms with E-state index >= 15 is 0 Å². The van der Waals surface area contributed by atoms with Gasteiger partial charge < -0.3 is 34.7 Å². The first-order valence-electron chi connectivity index (χ1n) is 14.9. The molecule has 0 bridgehead atoms. The summed E-state index contributed by atoms with van der Waals surface area (Å²) in [5.41, 5.74) is 4.38. The molecule has 3 atom stereocenters. The van der Waals surface area contributed by atoms with Crippen molar-refractivity contribution in [3.05, 3.63) is 35.9 Å². The van der Waals surface area contributed by atoms with Crippen LogP contribution in [-0.2, 0) is 39.6 Å². The lowest BCUT2D eigenvalue weighted by molar-refractivity contribution is -0.171. The molecule has 1 aromatic rings. The summed E-state index contributed by atoms with van der Waals surface area (Å²) in [4.78, 5) is 42.2. The lowest BCUT2D eigenvalue weighted by atomic mass is 9.73. The number of amides is 3. The van der Waals surface area contributed by atoms with E-state index in [2.05, 4.69) is 17.4 Å². The number of morpholine rings is 1. The van der Waals surface area contributed by atoms with Crippen LogP contribution in [0.1, 0.15) is 71.8 Å². The fourth-order valence-electron chi connectivity index (χ4n) is 5.83. The minimum atomic E-state index is -1.56. The van der Waals surface area contributed by atoms with Crippen molar-refractivity contribution in [3.63, 3.8) is 0 Å². The van der Waals surface area contributed by atoms with Crippen LogP contribution in [0.2, 0.25) is 0 Å². The third-order valence-corrected chi connectivity index (χ3v) is 9.09. The molecular formula is C30H46BN3O7. The number of carbonyl (C=O) groups is 3.